The summed E-state index contributed by atoms with van der Waals surface area (Å²) in [6.45, 7) is 4.28. The number of benzene rings is 1. The molecule has 19 heavy (non-hydrogen) atoms. The van der Waals surface area contributed by atoms with Crippen LogP contribution in [0.1, 0.15) is 18.7 Å². The lowest BCUT2D eigenvalue weighted by Gasteiger charge is -2.23. The molecule has 4 nitrogen and oxygen atoms in total. The van der Waals surface area contributed by atoms with Crippen molar-refractivity contribution in [2.45, 2.75) is 25.8 Å². The van der Waals surface area contributed by atoms with Crippen LogP contribution in [0.3, 0.4) is 0 Å². The number of aromatic nitrogens is 2. The first-order chi connectivity index (χ1) is 9.15. The van der Waals surface area contributed by atoms with E-state index in [1.54, 1.807) is 0 Å². The van der Waals surface area contributed by atoms with Gasteiger partial charge in [0.25, 0.3) is 0 Å². The molecule has 1 aliphatic rings. The van der Waals surface area contributed by atoms with Crippen LogP contribution in [0, 0.1) is 6.92 Å². The molecule has 2 heterocycles. The molecule has 4 heteroatoms. The molecular weight excluding hydrogens is 236 g/mol. The van der Waals surface area contributed by atoms with E-state index in [0.29, 0.717) is 6.04 Å². The van der Waals surface area contributed by atoms with E-state index in [9.17, 15) is 0 Å². The van der Waals surface area contributed by atoms with Gasteiger partial charge in [-0.1, -0.05) is 0 Å². The molecule has 1 unspecified atom stereocenters. The molecule has 1 saturated heterocycles. The molecule has 0 spiro atoms. The number of fused-ring (bicyclic) bond motifs is 1. The number of likely N-dealkylation sites (N-methyl/N-ethyl adjacent to an activating group) is 1. The van der Waals surface area contributed by atoms with Gasteiger partial charge < -0.3 is 14.8 Å². The van der Waals surface area contributed by atoms with E-state index in [1.165, 1.54) is 24.0 Å². The van der Waals surface area contributed by atoms with Gasteiger partial charge in [0.2, 0.25) is 0 Å². The SMILES string of the molecule is Cc1nc2cc(N(C)CC3CCCN3)ccc2n1C. The van der Waals surface area contributed by atoms with Crippen molar-refractivity contribution in [3.63, 3.8) is 0 Å². The maximum Gasteiger partial charge on any atom is 0.106 e. The van der Waals surface area contributed by atoms with Gasteiger partial charge in [-0.15, -0.1) is 0 Å². The van der Waals surface area contributed by atoms with Gasteiger partial charge in [-0.05, 0) is 44.5 Å². The van der Waals surface area contributed by atoms with Gasteiger partial charge in [0.1, 0.15) is 5.82 Å². The minimum Gasteiger partial charge on any atom is -0.373 e. The van der Waals surface area contributed by atoms with Crippen LogP contribution in [0.5, 0.6) is 0 Å². The zero-order valence-corrected chi connectivity index (χ0v) is 12.0. The van der Waals surface area contributed by atoms with Crippen molar-refractivity contribution in [3.8, 4) is 0 Å². The number of anilines is 1. The van der Waals surface area contributed by atoms with Crippen LogP contribution in [0.25, 0.3) is 11.0 Å². The topological polar surface area (TPSA) is 33.1 Å². The van der Waals surface area contributed by atoms with Crippen molar-refractivity contribution in [1.82, 2.24) is 14.9 Å². The normalized spacial score (nSPS) is 19.2. The van der Waals surface area contributed by atoms with Gasteiger partial charge >= 0.3 is 0 Å². The lowest BCUT2D eigenvalue weighted by Crippen LogP contribution is -2.35. The van der Waals surface area contributed by atoms with E-state index < -0.39 is 0 Å². The summed E-state index contributed by atoms with van der Waals surface area (Å²) in [6.07, 6.45) is 2.59. The van der Waals surface area contributed by atoms with Crippen LogP contribution in [-0.2, 0) is 7.05 Å². The minimum absolute atomic E-state index is 0.631. The summed E-state index contributed by atoms with van der Waals surface area (Å²) >= 11 is 0. The summed E-state index contributed by atoms with van der Waals surface area (Å²) < 4.78 is 2.14. The van der Waals surface area contributed by atoms with Gasteiger partial charge in [0.15, 0.2) is 0 Å². The van der Waals surface area contributed by atoms with Crippen molar-refractivity contribution < 1.29 is 0 Å². The van der Waals surface area contributed by atoms with E-state index in [-0.39, 0.29) is 0 Å². The number of imidazole rings is 1. The third-order valence-corrected chi connectivity index (χ3v) is 4.19. The molecule has 1 fully saturated rings. The zero-order valence-electron chi connectivity index (χ0n) is 12.0. The second-order valence-corrected chi connectivity index (χ2v) is 5.56. The van der Waals surface area contributed by atoms with Crippen LogP contribution < -0.4 is 10.2 Å². The van der Waals surface area contributed by atoms with Crippen molar-refractivity contribution in [2.75, 3.05) is 25.0 Å². The molecule has 0 amide bonds. The molecule has 3 rings (SSSR count). The predicted octanol–water partition coefficient (Wildman–Crippen LogP) is 2.07. The number of hydrogen-bond donors (Lipinski definition) is 1. The summed E-state index contributed by atoms with van der Waals surface area (Å²) in [5.74, 6) is 1.06. The highest BCUT2D eigenvalue weighted by atomic mass is 15.1. The third-order valence-electron chi connectivity index (χ3n) is 4.19. The molecular formula is C15H22N4. The Morgan fingerprint density at radius 2 is 2.32 bits per heavy atom. The van der Waals surface area contributed by atoms with Crippen molar-refractivity contribution in [2.24, 2.45) is 7.05 Å². The fourth-order valence-electron chi connectivity index (χ4n) is 2.89. The minimum atomic E-state index is 0.631. The van der Waals surface area contributed by atoms with Crippen molar-refractivity contribution in [1.29, 1.82) is 0 Å². The van der Waals surface area contributed by atoms with E-state index in [1.807, 2.05) is 6.92 Å². The van der Waals surface area contributed by atoms with Gasteiger partial charge in [0.05, 0.1) is 11.0 Å². The monoisotopic (exact) mass is 258 g/mol. The summed E-state index contributed by atoms with van der Waals surface area (Å²) in [6, 6.07) is 7.19. The van der Waals surface area contributed by atoms with E-state index in [0.717, 1.165) is 24.4 Å². The molecule has 1 N–H and O–H groups in total. The summed E-state index contributed by atoms with van der Waals surface area (Å²) in [7, 11) is 4.23. The van der Waals surface area contributed by atoms with E-state index in [4.69, 9.17) is 0 Å². The average Bonchev–Trinajstić information content (AvgIpc) is 2.99. The molecule has 0 aliphatic carbocycles. The van der Waals surface area contributed by atoms with Gasteiger partial charge in [-0.25, -0.2) is 4.98 Å². The van der Waals surface area contributed by atoms with E-state index in [2.05, 4.69) is 52.1 Å². The lowest BCUT2D eigenvalue weighted by atomic mass is 10.2. The molecule has 2 aromatic rings. The van der Waals surface area contributed by atoms with E-state index >= 15 is 0 Å². The van der Waals surface area contributed by atoms with Gasteiger partial charge in [-0.2, -0.15) is 0 Å². The Labute approximate surface area is 114 Å². The number of hydrogen-bond acceptors (Lipinski definition) is 3. The smallest absolute Gasteiger partial charge is 0.106 e. The summed E-state index contributed by atoms with van der Waals surface area (Å²) in [5, 5.41) is 3.55. The van der Waals surface area contributed by atoms with Crippen molar-refractivity contribution in [3.05, 3.63) is 24.0 Å². The van der Waals surface area contributed by atoms with Crippen LogP contribution in [0.4, 0.5) is 5.69 Å². The first kappa shape index (κ1) is 12.5. The Morgan fingerprint density at radius 3 is 3.05 bits per heavy atom. The molecule has 0 bridgehead atoms. The highest BCUT2D eigenvalue weighted by molar-refractivity contribution is 5.80. The van der Waals surface area contributed by atoms with Gasteiger partial charge in [0, 0.05) is 32.4 Å². The quantitative estimate of drug-likeness (QED) is 0.915. The number of rotatable bonds is 3. The molecule has 1 aromatic heterocycles. The average molecular weight is 258 g/mol. The highest BCUT2D eigenvalue weighted by Crippen LogP contribution is 2.22. The Hall–Kier alpha value is -1.55. The Bertz CT molecular complexity index is 581. The third kappa shape index (κ3) is 2.32. The number of nitrogens with zero attached hydrogens (tertiary/aromatic N) is 3. The fourth-order valence-corrected chi connectivity index (χ4v) is 2.89. The predicted molar refractivity (Wildman–Crippen MR) is 79.7 cm³/mol. The zero-order chi connectivity index (χ0) is 13.4. The maximum atomic E-state index is 4.61. The summed E-state index contributed by atoms with van der Waals surface area (Å²) in [5.41, 5.74) is 3.54. The van der Waals surface area contributed by atoms with Crippen LogP contribution in [0.15, 0.2) is 18.2 Å². The standard InChI is InChI=1S/C15H22N4/c1-11-17-14-9-13(6-7-15(14)19(11)3)18(2)10-12-5-4-8-16-12/h6-7,9,12,16H,4-5,8,10H2,1-3H3. The van der Waals surface area contributed by atoms with Gasteiger partial charge in [-0.3, -0.25) is 0 Å². The van der Waals surface area contributed by atoms with Crippen molar-refractivity contribution >= 4 is 16.7 Å². The second-order valence-electron chi connectivity index (χ2n) is 5.56. The Morgan fingerprint density at radius 1 is 1.47 bits per heavy atom. The molecule has 1 aliphatic heterocycles. The Balaban J connectivity index is 1.83. The molecule has 1 aromatic carbocycles. The first-order valence-electron chi connectivity index (χ1n) is 7.03. The lowest BCUT2D eigenvalue weighted by molar-refractivity contribution is 0.600. The van der Waals surface area contributed by atoms with Crippen LogP contribution in [0.2, 0.25) is 0 Å². The first-order valence-corrected chi connectivity index (χ1v) is 7.03. The second kappa shape index (κ2) is 4.85. The van der Waals surface area contributed by atoms with Crippen LogP contribution >= 0.6 is 0 Å². The number of aryl methyl sites for hydroxylation is 2. The fraction of sp³-hybridized carbons (Fsp3) is 0.533. The molecule has 0 saturated carbocycles. The summed E-state index contributed by atoms with van der Waals surface area (Å²) in [4.78, 5) is 6.93. The maximum absolute atomic E-state index is 4.61. The number of nitrogens with one attached hydrogen (secondary N) is 1. The molecule has 0 radical (unpaired) electrons. The molecule has 1 atom stereocenters. The molecule has 102 valence electrons. The highest BCUT2D eigenvalue weighted by Gasteiger charge is 2.16. The largest absolute Gasteiger partial charge is 0.373 e. The Kier molecular flexibility index (Phi) is 3.19. The van der Waals surface area contributed by atoms with Crippen LogP contribution in [-0.4, -0.2) is 35.7 Å².